The Morgan fingerprint density at radius 3 is 2.29 bits per heavy atom. The van der Waals surface area contributed by atoms with Crippen molar-refractivity contribution in [2.45, 2.75) is 6.54 Å². The topological polar surface area (TPSA) is 110 Å². The van der Waals surface area contributed by atoms with E-state index in [1.165, 1.54) is 10.4 Å². The van der Waals surface area contributed by atoms with Gasteiger partial charge in [0.15, 0.2) is 0 Å². The number of para-hydroxylation sites is 1. The maximum atomic E-state index is 12.6. The summed E-state index contributed by atoms with van der Waals surface area (Å²) in [6.07, 6.45) is 1.12. The van der Waals surface area contributed by atoms with E-state index in [-0.39, 0.29) is 12.1 Å². The molecule has 31 heavy (non-hydrogen) atoms. The van der Waals surface area contributed by atoms with Crippen molar-refractivity contribution in [2.24, 2.45) is 5.73 Å². The summed E-state index contributed by atoms with van der Waals surface area (Å²) in [4.78, 5) is 24.1. The number of hydrogen-bond donors (Lipinski definition) is 2. The van der Waals surface area contributed by atoms with Crippen LogP contribution in [0.4, 0.5) is 11.4 Å². The summed E-state index contributed by atoms with van der Waals surface area (Å²) in [7, 11) is -3.56. The van der Waals surface area contributed by atoms with Gasteiger partial charge in [-0.15, -0.1) is 0 Å². The van der Waals surface area contributed by atoms with Gasteiger partial charge in [0, 0.05) is 10.6 Å². The zero-order valence-electron chi connectivity index (χ0n) is 16.6. The van der Waals surface area contributed by atoms with Crippen molar-refractivity contribution < 1.29 is 18.0 Å². The van der Waals surface area contributed by atoms with Crippen LogP contribution in [0.15, 0.2) is 72.8 Å². The average molecular weight is 458 g/mol. The van der Waals surface area contributed by atoms with Crippen molar-refractivity contribution in [1.82, 2.24) is 0 Å². The maximum absolute atomic E-state index is 12.6. The molecule has 0 fully saturated rings. The molecule has 0 saturated carbocycles. The predicted molar refractivity (Wildman–Crippen MR) is 122 cm³/mol. The summed E-state index contributed by atoms with van der Waals surface area (Å²) in [6.45, 7) is 0.0750. The van der Waals surface area contributed by atoms with E-state index in [1.54, 1.807) is 66.7 Å². The lowest BCUT2D eigenvalue weighted by molar-refractivity contribution is 0.100. The van der Waals surface area contributed by atoms with E-state index in [4.69, 9.17) is 17.3 Å². The Morgan fingerprint density at radius 1 is 1.00 bits per heavy atom. The van der Waals surface area contributed by atoms with E-state index in [9.17, 15) is 18.0 Å². The molecule has 3 rings (SSSR count). The Labute approximate surface area is 185 Å². The first-order valence-corrected chi connectivity index (χ1v) is 11.4. The van der Waals surface area contributed by atoms with Crippen molar-refractivity contribution >= 4 is 44.8 Å². The van der Waals surface area contributed by atoms with Crippen LogP contribution in [0.3, 0.4) is 0 Å². The summed E-state index contributed by atoms with van der Waals surface area (Å²) in [5.41, 5.74) is 7.32. The number of amides is 2. The Bertz CT molecular complexity index is 1230. The highest BCUT2D eigenvalue weighted by atomic mass is 35.5. The van der Waals surface area contributed by atoms with Crippen LogP contribution in [0, 0.1) is 0 Å². The number of benzene rings is 3. The normalized spacial score (nSPS) is 11.0. The van der Waals surface area contributed by atoms with Gasteiger partial charge in [-0.25, -0.2) is 8.42 Å². The summed E-state index contributed by atoms with van der Waals surface area (Å²) in [6, 6.07) is 19.5. The van der Waals surface area contributed by atoms with Crippen molar-refractivity contribution in [3.63, 3.8) is 0 Å². The molecule has 2 amide bonds. The lowest BCUT2D eigenvalue weighted by Crippen LogP contribution is -2.29. The molecule has 3 aromatic rings. The Hall–Kier alpha value is -3.36. The van der Waals surface area contributed by atoms with Gasteiger partial charge in [0.05, 0.1) is 29.7 Å². The van der Waals surface area contributed by atoms with Gasteiger partial charge in [-0.2, -0.15) is 0 Å². The number of sulfonamides is 1. The fourth-order valence-corrected chi connectivity index (χ4v) is 4.02. The zero-order chi connectivity index (χ0) is 22.6. The summed E-state index contributed by atoms with van der Waals surface area (Å²) in [5.74, 6) is -1.07. The number of nitrogens with two attached hydrogens (primary N) is 1. The minimum Gasteiger partial charge on any atom is -0.366 e. The van der Waals surface area contributed by atoms with Crippen molar-refractivity contribution in [3.8, 4) is 0 Å². The highest BCUT2D eigenvalue weighted by Crippen LogP contribution is 2.24. The number of carbonyl (C=O) groups is 2. The molecule has 0 aliphatic heterocycles. The quantitative estimate of drug-likeness (QED) is 0.564. The fraction of sp³-hybridized carbons (Fsp3) is 0.0909. The molecule has 0 bridgehead atoms. The Kier molecular flexibility index (Phi) is 6.62. The number of nitrogens with zero attached hydrogens (tertiary/aromatic N) is 1. The van der Waals surface area contributed by atoms with Gasteiger partial charge in [0.2, 0.25) is 10.0 Å². The average Bonchev–Trinajstić information content (AvgIpc) is 2.71. The van der Waals surface area contributed by atoms with E-state index in [0.717, 1.165) is 6.26 Å². The van der Waals surface area contributed by atoms with E-state index in [2.05, 4.69) is 5.32 Å². The summed E-state index contributed by atoms with van der Waals surface area (Å²) < 4.78 is 25.8. The highest BCUT2D eigenvalue weighted by molar-refractivity contribution is 7.92. The number of hydrogen-bond acceptors (Lipinski definition) is 4. The number of anilines is 2. The lowest BCUT2D eigenvalue weighted by Gasteiger charge is -2.22. The molecular weight excluding hydrogens is 438 g/mol. The van der Waals surface area contributed by atoms with Crippen LogP contribution in [0.2, 0.25) is 5.02 Å². The third-order valence-electron chi connectivity index (χ3n) is 4.48. The largest absolute Gasteiger partial charge is 0.366 e. The number of halogens is 1. The second-order valence-electron chi connectivity index (χ2n) is 6.81. The minimum absolute atomic E-state index is 0.0750. The molecule has 0 aliphatic rings. The first-order valence-electron chi connectivity index (χ1n) is 9.17. The SMILES string of the molecule is CS(=O)(=O)N(Cc1ccc(C(=O)Nc2ccccc2C(N)=O)cc1)c1cccc(Cl)c1. The second-order valence-corrected chi connectivity index (χ2v) is 9.15. The van der Waals surface area contributed by atoms with Crippen molar-refractivity contribution in [3.05, 3.63) is 94.5 Å². The van der Waals surface area contributed by atoms with Gasteiger partial charge in [0.25, 0.3) is 11.8 Å². The second kappa shape index (κ2) is 9.20. The predicted octanol–water partition coefficient (Wildman–Crippen LogP) is 3.66. The number of rotatable bonds is 7. The molecular formula is C22H20ClN3O4S. The van der Waals surface area contributed by atoms with E-state index >= 15 is 0 Å². The van der Waals surface area contributed by atoms with E-state index in [1.807, 2.05) is 0 Å². The number of nitrogens with one attached hydrogen (secondary N) is 1. The van der Waals surface area contributed by atoms with Gasteiger partial charge in [0.1, 0.15) is 0 Å². The van der Waals surface area contributed by atoms with Crippen LogP contribution in [-0.4, -0.2) is 26.5 Å². The van der Waals surface area contributed by atoms with Gasteiger partial charge in [-0.05, 0) is 48.0 Å². The molecule has 7 nitrogen and oxygen atoms in total. The fourth-order valence-electron chi connectivity index (χ4n) is 2.96. The Morgan fingerprint density at radius 2 is 1.68 bits per heavy atom. The monoisotopic (exact) mass is 457 g/mol. The lowest BCUT2D eigenvalue weighted by atomic mass is 10.1. The summed E-state index contributed by atoms with van der Waals surface area (Å²) in [5, 5.41) is 3.09. The zero-order valence-corrected chi connectivity index (χ0v) is 18.2. The van der Waals surface area contributed by atoms with E-state index in [0.29, 0.717) is 27.5 Å². The number of carbonyl (C=O) groups excluding carboxylic acids is 2. The molecule has 0 spiro atoms. The van der Waals surface area contributed by atoms with Gasteiger partial charge >= 0.3 is 0 Å². The standard InChI is InChI=1S/C22H20ClN3O4S/c1-31(29,30)26(18-6-4-5-17(23)13-18)14-15-9-11-16(12-10-15)22(28)25-20-8-3-2-7-19(20)21(24)27/h2-13H,14H2,1H3,(H2,24,27)(H,25,28). The molecule has 160 valence electrons. The van der Waals surface area contributed by atoms with E-state index < -0.39 is 21.8 Å². The molecule has 0 heterocycles. The van der Waals surface area contributed by atoms with Crippen LogP contribution in [-0.2, 0) is 16.6 Å². The summed E-state index contributed by atoms with van der Waals surface area (Å²) >= 11 is 6.00. The Balaban J connectivity index is 1.79. The number of primary amides is 1. The molecule has 3 aromatic carbocycles. The van der Waals surface area contributed by atoms with Gasteiger partial charge < -0.3 is 11.1 Å². The third kappa shape index (κ3) is 5.62. The smallest absolute Gasteiger partial charge is 0.255 e. The maximum Gasteiger partial charge on any atom is 0.255 e. The molecule has 0 aromatic heterocycles. The molecule has 0 aliphatic carbocycles. The van der Waals surface area contributed by atoms with Crippen LogP contribution >= 0.6 is 11.6 Å². The van der Waals surface area contributed by atoms with Crippen LogP contribution in [0.25, 0.3) is 0 Å². The van der Waals surface area contributed by atoms with Crippen LogP contribution in [0.1, 0.15) is 26.3 Å². The minimum atomic E-state index is -3.56. The molecule has 0 atom stereocenters. The van der Waals surface area contributed by atoms with Crippen LogP contribution < -0.4 is 15.4 Å². The van der Waals surface area contributed by atoms with Crippen LogP contribution in [0.5, 0.6) is 0 Å². The third-order valence-corrected chi connectivity index (χ3v) is 5.86. The van der Waals surface area contributed by atoms with Gasteiger partial charge in [-0.3, -0.25) is 13.9 Å². The van der Waals surface area contributed by atoms with Crippen molar-refractivity contribution in [2.75, 3.05) is 15.9 Å². The highest BCUT2D eigenvalue weighted by Gasteiger charge is 2.19. The van der Waals surface area contributed by atoms with Gasteiger partial charge in [-0.1, -0.05) is 41.9 Å². The first-order chi connectivity index (χ1) is 14.6. The molecule has 3 N–H and O–H groups in total. The molecule has 0 saturated heterocycles. The molecule has 0 radical (unpaired) electrons. The molecule has 9 heteroatoms. The van der Waals surface area contributed by atoms with Crippen molar-refractivity contribution in [1.29, 1.82) is 0 Å². The molecule has 0 unspecified atom stereocenters. The first kappa shape index (κ1) is 22.3.